The van der Waals surface area contributed by atoms with Crippen LogP contribution in [0.1, 0.15) is 18.9 Å². The van der Waals surface area contributed by atoms with Gasteiger partial charge in [0.15, 0.2) is 0 Å². The maximum Gasteiger partial charge on any atom is 0.121 e. The van der Waals surface area contributed by atoms with Gasteiger partial charge in [-0.2, -0.15) is 5.26 Å². The first-order chi connectivity index (χ1) is 8.65. The van der Waals surface area contributed by atoms with Gasteiger partial charge < -0.3 is 14.7 Å². The van der Waals surface area contributed by atoms with Gasteiger partial charge in [-0.25, -0.2) is 0 Å². The molecule has 0 aliphatic carbocycles. The molecule has 4 heteroatoms. The van der Waals surface area contributed by atoms with Crippen LogP contribution < -0.4 is 9.64 Å². The van der Waals surface area contributed by atoms with Crippen LogP contribution in [-0.2, 0) is 0 Å². The average molecular weight is 246 g/mol. The Morgan fingerprint density at radius 2 is 2.33 bits per heavy atom. The maximum atomic E-state index is 9.63. The summed E-state index contributed by atoms with van der Waals surface area (Å²) in [7, 11) is 1.62. The summed E-state index contributed by atoms with van der Waals surface area (Å²) in [5, 5.41) is 18.8. The molecule has 2 atom stereocenters. The summed E-state index contributed by atoms with van der Waals surface area (Å²) in [6.45, 7) is 3.49. The van der Waals surface area contributed by atoms with Gasteiger partial charge in [0.05, 0.1) is 24.5 Å². The fourth-order valence-electron chi connectivity index (χ4n) is 2.39. The zero-order valence-corrected chi connectivity index (χ0v) is 10.8. The Morgan fingerprint density at radius 1 is 1.56 bits per heavy atom. The molecule has 2 unspecified atom stereocenters. The minimum Gasteiger partial charge on any atom is -0.497 e. The zero-order valence-electron chi connectivity index (χ0n) is 10.8. The highest BCUT2D eigenvalue weighted by Crippen LogP contribution is 2.31. The Labute approximate surface area is 107 Å². The Kier molecular flexibility index (Phi) is 3.73. The molecule has 0 amide bonds. The lowest BCUT2D eigenvalue weighted by atomic mass is 10.0. The highest BCUT2D eigenvalue weighted by molar-refractivity contribution is 5.62. The quantitative estimate of drug-likeness (QED) is 0.883. The maximum absolute atomic E-state index is 9.63. The standard InChI is InChI=1S/C14H18N2O2/c1-10(17)12-5-6-16(9-12)14-7-13(18-2)4-3-11(14)8-15/h3-4,7,10,12,17H,5-6,9H2,1-2H3. The molecule has 0 aromatic heterocycles. The van der Waals surface area contributed by atoms with E-state index in [1.807, 2.05) is 13.0 Å². The van der Waals surface area contributed by atoms with Crippen molar-refractivity contribution in [3.8, 4) is 11.8 Å². The lowest BCUT2D eigenvalue weighted by Gasteiger charge is -2.21. The molecule has 1 N–H and O–H groups in total. The van der Waals surface area contributed by atoms with Crippen LogP contribution in [0.3, 0.4) is 0 Å². The zero-order chi connectivity index (χ0) is 13.1. The van der Waals surface area contributed by atoms with Crippen molar-refractivity contribution in [3.63, 3.8) is 0 Å². The first kappa shape index (κ1) is 12.7. The van der Waals surface area contributed by atoms with Gasteiger partial charge in [-0.3, -0.25) is 0 Å². The number of hydrogen-bond donors (Lipinski definition) is 1. The van der Waals surface area contributed by atoms with Gasteiger partial charge >= 0.3 is 0 Å². The van der Waals surface area contributed by atoms with Gasteiger partial charge in [-0.05, 0) is 25.5 Å². The third kappa shape index (κ3) is 2.41. The van der Waals surface area contributed by atoms with Gasteiger partial charge in [-0.1, -0.05) is 0 Å². The van der Waals surface area contributed by atoms with E-state index in [0.717, 1.165) is 30.9 Å². The van der Waals surface area contributed by atoms with E-state index in [0.29, 0.717) is 5.56 Å². The van der Waals surface area contributed by atoms with Gasteiger partial charge in [0, 0.05) is 25.1 Å². The van der Waals surface area contributed by atoms with E-state index in [9.17, 15) is 5.11 Å². The SMILES string of the molecule is COc1ccc(C#N)c(N2CCC(C(C)O)C2)c1. The van der Waals surface area contributed by atoms with Crippen LogP contribution in [0.5, 0.6) is 5.75 Å². The molecule has 96 valence electrons. The number of hydrogen-bond acceptors (Lipinski definition) is 4. The van der Waals surface area contributed by atoms with Crippen molar-refractivity contribution >= 4 is 5.69 Å². The summed E-state index contributed by atoms with van der Waals surface area (Å²) in [5.41, 5.74) is 1.56. The topological polar surface area (TPSA) is 56.5 Å². The van der Waals surface area contributed by atoms with E-state index in [1.165, 1.54) is 0 Å². The molecule has 1 fully saturated rings. The van der Waals surface area contributed by atoms with Crippen LogP contribution in [0, 0.1) is 17.2 Å². The first-order valence-electron chi connectivity index (χ1n) is 6.17. The molecule has 0 spiro atoms. The second-order valence-electron chi connectivity index (χ2n) is 4.73. The monoisotopic (exact) mass is 246 g/mol. The van der Waals surface area contributed by atoms with Crippen LogP contribution in [0.2, 0.25) is 0 Å². The molecule has 1 saturated heterocycles. The molecular weight excluding hydrogens is 228 g/mol. The third-order valence-corrected chi connectivity index (χ3v) is 3.57. The lowest BCUT2D eigenvalue weighted by Crippen LogP contribution is -2.24. The van der Waals surface area contributed by atoms with E-state index < -0.39 is 0 Å². The van der Waals surface area contributed by atoms with Crippen molar-refractivity contribution in [2.45, 2.75) is 19.4 Å². The van der Waals surface area contributed by atoms with Crippen molar-refractivity contribution in [3.05, 3.63) is 23.8 Å². The summed E-state index contributed by atoms with van der Waals surface area (Å²) in [6, 6.07) is 7.68. The van der Waals surface area contributed by atoms with Crippen LogP contribution in [0.25, 0.3) is 0 Å². The summed E-state index contributed by atoms with van der Waals surface area (Å²) >= 11 is 0. The van der Waals surface area contributed by atoms with E-state index in [1.54, 1.807) is 19.2 Å². The lowest BCUT2D eigenvalue weighted by molar-refractivity contribution is 0.136. The van der Waals surface area contributed by atoms with Gasteiger partial charge in [0.1, 0.15) is 11.8 Å². The van der Waals surface area contributed by atoms with Crippen LogP contribution in [0.15, 0.2) is 18.2 Å². The van der Waals surface area contributed by atoms with Gasteiger partial charge in [0.25, 0.3) is 0 Å². The van der Waals surface area contributed by atoms with Gasteiger partial charge in [0.2, 0.25) is 0 Å². The molecule has 1 aromatic carbocycles. The van der Waals surface area contributed by atoms with Crippen LogP contribution >= 0.6 is 0 Å². The number of ether oxygens (including phenoxy) is 1. The molecule has 18 heavy (non-hydrogen) atoms. The normalized spacial score (nSPS) is 20.6. The number of nitrogens with zero attached hydrogens (tertiary/aromatic N) is 2. The molecule has 0 saturated carbocycles. The Bertz CT molecular complexity index is 465. The third-order valence-electron chi connectivity index (χ3n) is 3.57. The van der Waals surface area contributed by atoms with E-state index >= 15 is 0 Å². The highest BCUT2D eigenvalue weighted by Gasteiger charge is 2.27. The van der Waals surface area contributed by atoms with Crippen LogP contribution in [0.4, 0.5) is 5.69 Å². The minimum absolute atomic E-state index is 0.280. The molecule has 0 bridgehead atoms. The number of aliphatic hydroxyl groups excluding tert-OH is 1. The number of aliphatic hydroxyl groups is 1. The van der Waals surface area contributed by atoms with Crippen LogP contribution in [-0.4, -0.2) is 31.4 Å². The summed E-state index contributed by atoms with van der Waals surface area (Å²) < 4.78 is 5.20. The minimum atomic E-state index is -0.300. The second kappa shape index (κ2) is 5.28. The number of nitriles is 1. The number of rotatable bonds is 3. The van der Waals surface area contributed by atoms with Crippen molar-refractivity contribution < 1.29 is 9.84 Å². The molecule has 4 nitrogen and oxygen atoms in total. The number of benzene rings is 1. The fourth-order valence-corrected chi connectivity index (χ4v) is 2.39. The smallest absolute Gasteiger partial charge is 0.121 e. The largest absolute Gasteiger partial charge is 0.497 e. The summed E-state index contributed by atoms with van der Waals surface area (Å²) in [4.78, 5) is 2.15. The molecular formula is C14H18N2O2. The van der Waals surface area contributed by atoms with E-state index in [4.69, 9.17) is 10.00 Å². The average Bonchev–Trinajstić information content (AvgIpc) is 2.87. The van der Waals surface area contributed by atoms with Crippen molar-refractivity contribution in [1.29, 1.82) is 5.26 Å². The molecule has 2 rings (SSSR count). The summed E-state index contributed by atoms with van der Waals surface area (Å²) in [6.07, 6.45) is 0.658. The van der Waals surface area contributed by atoms with Gasteiger partial charge in [-0.15, -0.1) is 0 Å². The first-order valence-corrected chi connectivity index (χ1v) is 6.17. The fraction of sp³-hybridized carbons (Fsp3) is 0.500. The van der Waals surface area contributed by atoms with E-state index in [2.05, 4.69) is 11.0 Å². The predicted molar refractivity (Wildman–Crippen MR) is 69.7 cm³/mol. The Hall–Kier alpha value is -1.73. The summed E-state index contributed by atoms with van der Waals surface area (Å²) in [5.74, 6) is 1.03. The highest BCUT2D eigenvalue weighted by atomic mass is 16.5. The van der Waals surface area contributed by atoms with Crippen molar-refractivity contribution in [2.75, 3.05) is 25.1 Å². The Balaban J connectivity index is 2.25. The molecule has 1 aliphatic heterocycles. The molecule has 1 heterocycles. The van der Waals surface area contributed by atoms with Crippen molar-refractivity contribution in [1.82, 2.24) is 0 Å². The Morgan fingerprint density at radius 3 is 2.89 bits per heavy atom. The molecule has 0 radical (unpaired) electrons. The molecule has 1 aliphatic rings. The van der Waals surface area contributed by atoms with Crippen molar-refractivity contribution in [2.24, 2.45) is 5.92 Å². The number of anilines is 1. The molecule has 1 aromatic rings. The second-order valence-corrected chi connectivity index (χ2v) is 4.73. The predicted octanol–water partition coefficient (Wildman–Crippen LogP) is 1.77. The van der Waals surface area contributed by atoms with E-state index in [-0.39, 0.29) is 12.0 Å². The number of methoxy groups -OCH3 is 1.